The zero-order valence-corrected chi connectivity index (χ0v) is 20.6. The topological polar surface area (TPSA) is 83.3 Å². The van der Waals surface area contributed by atoms with Crippen LogP contribution in [0.15, 0.2) is 53.7 Å². The Hall–Kier alpha value is -3.28. The average molecular weight is 476 g/mol. The van der Waals surface area contributed by atoms with Gasteiger partial charge in [-0.1, -0.05) is 42.1 Å². The SMILES string of the molecule is COc1ccc(-c2nc(SC)nc(NC3CCN(Cc4ccccc4)CC3)c2C#N)cc1OC. The minimum absolute atomic E-state index is 0.252. The summed E-state index contributed by atoms with van der Waals surface area (Å²) >= 11 is 1.46. The molecule has 8 heteroatoms. The lowest BCUT2D eigenvalue weighted by Gasteiger charge is -2.32. The Balaban J connectivity index is 1.54. The molecule has 0 aliphatic carbocycles. The molecule has 1 aliphatic rings. The van der Waals surface area contributed by atoms with Gasteiger partial charge in [0.1, 0.15) is 17.5 Å². The highest BCUT2D eigenvalue weighted by molar-refractivity contribution is 7.98. The number of nitriles is 1. The van der Waals surface area contributed by atoms with Gasteiger partial charge in [-0.05, 0) is 42.9 Å². The summed E-state index contributed by atoms with van der Waals surface area (Å²) in [6.45, 7) is 2.96. The summed E-state index contributed by atoms with van der Waals surface area (Å²) in [6.07, 6.45) is 3.91. The summed E-state index contributed by atoms with van der Waals surface area (Å²) in [6, 6.07) is 18.7. The molecule has 3 aromatic rings. The van der Waals surface area contributed by atoms with E-state index in [2.05, 4.69) is 50.5 Å². The van der Waals surface area contributed by atoms with Crippen molar-refractivity contribution in [2.45, 2.75) is 30.6 Å². The van der Waals surface area contributed by atoms with E-state index in [1.165, 1.54) is 17.3 Å². The number of hydrogen-bond acceptors (Lipinski definition) is 8. The normalized spacial score (nSPS) is 14.4. The molecular formula is C26H29N5O2S. The van der Waals surface area contributed by atoms with E-state index in [9.17, 15) is 5.26 Å². The number of anilines is 1. The quantitative estimate of drug-likeness (QED) is 0.366. The molecule has 1 aromatic heterocycles. The summed E-state index contributed by atoms with van der Waals surface area (Å²) in [4.78, 5) is 11.8. The fraction of sp³-hybridized carbons (Fsp3) is 0.346. The van der Waals surface area contributed by atoms with Gasteiger partial charge >= 0.3 is 0 Å². The monoisotopic (exact) mass is 475 g/mol. The number of methoxy groups -OCH3 is 2. The Morgan fingerprint density at radius 3 is 2.44 bits per heavy atom. The summed E-state index contributed by atoms with van der Waals surface area (Å²) in [5.74, 6) is 1.81. The van der Waals surface area contributed by atoms with Crippen molar-refractivity contribution in [2.75, 3.05) is 38.9 Å². The number of nitrogens with zero attached hydrogens (tertiary/aromatic N) is 4. The van der Waals surface area contributed by atoms with E-state index >= 15 is 0 Å². The lowest BCUT2D eigenvalue weighted by molar-refractivity contribution is 0.211. The van der Waals surface area contributed by atoms with Crippen molar-refractivity contribution >= 4 is 17.6 Å². The van der Waals surface area contributed by atoms with Crippen molar-refractivity contribution in [3.05, 3.63) is 59.7 Å². The summed E-state index contributed by atoms with van der Waals surface area (Å²) in [5, 5.41) is 14.2. The van der Waals surface area contributed by atoms with Gasteiger partial charge in [0.15, 0.2) is 16.7 Å². The van der Waals surface area contributed by atoms with Crippen LogP contribution >= 0.6 is 11.8 Å². The van der Waals surface area contributed by atoms with Gasteiger partial charge in [-0.2, -0.15) is 5.26 Å². The molecule has 34 heavy (non-hydrogen) atoms. The number of likely N-dealkylation sites (tertiary alicyclic amines) is 1. The van der Waals surface area contributed by atoms with E-state index in [-0.39, 0.29) is 6.04 Å². The second kappa shape index (κ2) is 11.2. The summed E-state index contributed by atoms with van der Waals surface area (Å²) in [5.41, 5.74) is 3.15. The van der Waals surface area contributed by atoms with Gasteiger partial charge in [0.05, 0.1) is 19.9 Å². The van der Waals surface area contributed by atoms with Crippen LogP contribution in [0.1, 0.15) is 24.0 Å². The number of ether oxygens (including phenoxy) is 2. The predicted molar refractivity (Wildman–Crippen MR) is 135 cm³/mol. The smallest absolute Gasteiger partial charge is 0.189 e. The van der Waals surface area contributed by atoms with Crippen LogP contribution in [-0.2, 0) is 6.54 Å². The second-order valence-electron chi connectivity index (χ2n) is 8.14. The largest absolute Gasteiger partial charge is 0.493 e. The van der Waals surface area contributed by atoms with E-state index in [0.717, 1.165) is 38.0 Å². The molecule has 2 heterocycles. The van der Waals surface area contributed by atoms with Gasteiger partial charge in [-0.15, -0.1) is 0 Å². The predicted octanol–water partition coefficient (Wildman–Crippen LogP) is 4.83. The van der Waals surface area contributed by atoms with E-state index in [4.69, 9.17) is 9.47 Å². The number of aromatic nitrogens is 2. The third-order valence-corrected chi connectivity index (χ3v) is 6.57. The molecule has 0 unspecified atom stereocenters. The zero-order chi connectivity index (χ0) is 23.9. The molecule has 0 bridgehead atoms. The lowest BCUT2D eigenvalue weighted by atomic mass is 10.0. The molecule has 1 aliphatic heterocycles. The van der Waals surface area contributed by atoms with E-state index in [1.54, 1.807) is 14.2 Å². The van der Waals surface area contributed by atoms with Crippen molar-refractivity contribution in [1.82, 2.24) is 14.9 Å². The van der Waals surface area contributed by atoms with Crippen LogP contribution in [-0.4, -0.2) is 54.5 Å². The Morgan fingerprint density at radius 1 is 1.06 bits per heavy atom. The molecule has 1 saturated heterocycles. The molecule has 0 saturated carbocycles. The van der Waals surface area contributed by atoms with Gasteiger partial charge in [-0.3, -0.25) is 4.90 Å². The molecule has 0 amide bonds. The van der Waals surface area contributed by atoms with Crippen LogP contribution in [0.2, 0.25) is 0 Å². The molecule has 4 rings (SSSR count). The average Bonchev–Trinajstić information content (AvgIpc) is 2.89. The van der Waals surface area contributed by atoms with Gasteiger partial charge in [0, 0.05) is 31.2 Å². The first-order valence-electron chi connectivity index (χ1n) is 11.3. The first-order valence-corrected chi connectivity index (χ1v) is 12.5. The van der Waals surface area contributed by atoms with Crippen LogP contribution in [0.3, 0.4) is 0 Å². The number of thioether (sulfide) groups is 1. The maximum Gasteiger partial charge on any atom is 0.189 e. The van der Waals surface area contributed by atoms with Crippen LogP contribution in [0.25, 0.3) is 11.3 Å². The van der Waals surface area contributed by atoms with Crippen LogP contribution < -0.4 is 14.8 Å². The molecule has 176 valence electrons. The third-order valence-electron chi connectivity index (χ3n) is 6.02. The van der Waals surface area contributed by atoms with Gasteiger partial charge in [0.2, 0.25) is 0 Å². The Bertz CT molecular complexity index is 1160. The molecule has 1 fully saturated rings. The number of rotatable bonds is 8. The van der Waals surface area contributed by atoms with Crippen LogP contribution in [0, 0.1) is 11.3 Å². The summed E-state index contributed by atoms with van der Waals surface area (Å²) < 4.78 is 10.8. The fourth-order valence-corrected chi connectivity index (χ4v) is 4.57. The molecular weight excluding hydrogens is 446 g/mol. The highest BCUT2D eigenvalue weighted by Gasteiger charge is 2.23. The lowest BCUT2D eigenvalue weighted by Crippen LogP contribution is -2.39. The highest BCUT2D eigenvalue weighted by Crippen LogP contribution is 2.35. The van der Waals surface area contributed by atoms with Crippen molar-refractivity contribution in [3.8, 4) is 28.8 Å². The van der Waals surface area contributed by atoms with Gasteiger partial charge in [0.25, 0.3) is 0 Å². The first-order chi connectivity index (χ1) is 16.6. The molecule has 0 atom stereocenters. The van der Waals surface area contributed by atoms with Crippen molar-refractivity contribution < 1.29 is 9.47 Å². The second-order valence-corrected chi connectivity index (χ2v) is 8.92. The number of benzene rings is 2. The maximum atomic E-state index is 10.0. The number of piperidine rings is 1. The van der Waals surface area contributed by atoms with Gasteiger partial charge in [-0.25, -0.2) is 9.97 Å². The molecule has 0 spiro atoms. The van der Waals surface area contributed by atoms with Crippen LogP contribution in [0.5, 0.6) is 11.5 Å². The first kappa shape index (κ1) is 23.9. The number of nitrogens with one attached hydrogen (secondary N) is 1. The minimum Gasteiger partial charge on any atom is -0.493 e. The van der Waals surface area contributed by atoms with Crippen molar-refractivity contribution in [1.29, 1.82) is 5.26 Å². The third kappa shape index (κ3) is 5.44. The Morgan fingerprint density at radius 2 is 1.79 bits per heavy atom. The van der Waals surface area contributed by atoms with Crippen LogP contribution in [0.4, 0.5) is 5.82 Å². The molecule has 0 radical (unpaired) electrons. The fourth-order valence-electron chi connectivity index (χ4n) is 4.20. The van der Waals surface area contributed by atoms with Crippen molar-refractivity contribution in [3.63, 3.8) is 0 Å². The Kier molecular flexibility index (Phi) is 7.88. The van der Waals surface area contributed by atoms with Gasteiger partial charge < -0.3 is 14.8 Å². The van der Waals surface area contributed by atoms with E-state index in [1.807, 2.05) is 30.5 Å². The minimum atomic E-state index is 0.252. The Labute approximate surface area is 205 Å². The molecule has 1 N–H and O–H groups in total. The molecule has 7 nitrogen and oxygen atoms in total. The van der Waals surface area contributed by atoms with E-state index in [0.29, 0.717) is 33.7 Å². The van der Waals surface area contributed by atoms with Crippen molar-refractivity contribution in [2.24, 2.45) is 0 Å². The maximum absolute atomic E-state index is 10.0. The highest BCUT2D eigenvalue weighted by atomic mass is 32.2. The molecule has 2 aromatic carbocycles. The standard InChI is InChI=1S/C26H29N5O2S/c1-32-22-10-9-19(15-23(22)33-2)24-21(16-27)25(30-26(29-24)34-3)28-20-11-13-31(14-12-20)17-18-7-5-4-6-8-18/h4-10,15,20H,11-14,17H2,1-3H3,(H,28,29,30). The summed E-state index contributed by atoms with van der Waals surface area (Å²) in [7, 11) is 3.19. The zero-order valence-electron chi connectivity index (χ0n) is 19.7. The number of hydrogen-bond donors (Lipinski definition) is 1. The van der Waals surface area contributed by atoms with E-state index < -0.39 is 0 Å².